The molecule has 0 spiro atoms. The maximum Gasteiger partial charge on any atom is 0.243 e. The summed E-state index contributed by atoms with van der Waals surface area (Å²) >= 11 is 0. The Kier molecular flexibility index (Phi) is 6.51. The first-order valence-electron chi connectivity index (χ1n) is 10.8. The molecule has 7 nitrogen and oxygen atoms in total. The van der Waals surface area contributed by atoms with E-state index in [0.717, 1.165) is 43.8 Å². The Morgan fingerprint density at radius 1 is 1.10 bits per heavy atom. The average Bonchev–Trinajstić information content (AvgIpc) is 2.80. The van der Waals surface area contributed by atoms with Gasteiger partial charge in [-0.3, -0.25) is 14.7 Å². The number of nitrogens with zero attached hydrogens (tertiary/aromatic N) is 4. The molecule has 2 aliphatic rings. The van der Waals surface area contributed by atoms with Crippen LogP contribution in [0.4, 0.5) is 0 Å². The van der Waals surface area contributed by atoms with E-state index in [-0.39, 0.29) is 17.9 Å². The number of benzene rings is 1. The third-order valence-electron chi connectivity index (χ3n) is 6.13. The molecular weight excluding hydrogens is 392 g/mol. The van der Waals surface area contributed by atoms with Crippen molar-refractivity contribution in [2.24, 2.45) is 11.0 Å². The molecule has 1 amide bonds. The maximum atomic E-state index is 12.8. The van der Waals surface area contributed by atoms with E-state index in [4.69, 9.17) is 14.6 Å². The second-order valence-electron chi connectivity index (χ2n) is 8.27. The number of aromatic nitrogens is 1. The number of hydrogen-bond acceptors (Lipinski definition) is 6. The molecular formula is C24H30N4O3. The summed E-state index contributed by atoms with van der Waals surface area (Å²) in [7, 11) is 3.25. The highest BCUT2D eigenvalue weighted by Crippen LogP contribution is 2.31. The molecule has 0 saturated carbocycles. The Labute approximate surface area is 183 Å². The van der Waals surface area contributed by atoms with Gasteiger partial charge in [0.1, 0.15) is 0 Å². The van der Waals surface area contributed by atoms with E-state index in [2.05, 4.69) is 22.9 Å². The van der Waals surface area contributed by atoms with Crippen molar-refractivity contribution >= 4 is 11.6 Å². The summed E-state index contributed by atoms with van der Waals surface area (Å²) in [5.41, 5.74) is 3.12. The Hall–Kier alpha value is -2.93. The van der Waals surface area contributed by atoms with Crippen LogP contribution in [0.5, 0.6) is 11.5 Å². The molecule has 0 N–H and O–H groups in total. The molecule has 1 aromatic carbocycles. The number of likely N-dealkylation sites (tertiary alicyclic amines) is 1. The van der Waals surface area contributed by atoms with Crippen LogP contribution >= 0.6 is 0 Å². The third kappa shape index (κ3) is 4.71. The second-order valence-corrected chi connectivity index (χ2v) is 8.27. The lowest BCUT2D eigenvalue weighted by Gasteiger charge is -2.38. The van der Waals surface area contributed by atoms with Gasteiger partial charge in [0.15, 0.2) is 11.5 Å². The highest BCUT2D eigenvalue weighted by Gasteiger charge is 2.34. The van der Waals surface area contributed by atoms with Crippen molar-refractivity contribution in [1.29, 1.82) is 0 Å². The number of methoxy groups -OCH3 is 2. The number of carbonyl (C=O) groups excluding carboxylic acids is 1. The minimum Gasteiger partial charge on any atom is -0.493 e. The van der Waals surface area contributed by atoms with Gasteiger partial charge in [-0.2, -0.15) is 5.10 Å². The lowest BCUT2D eigenvalue weighted by atomic mass is 9.92. The summed E-state index contributed by atoms with van der Waals surface area (Å²) in [5.74, 6) is 1.53. The summed E-state index contributed by atoms with van der Waals surface area (Å²) < 4.78 is 10.8. The predicted octanol–water partition coefficient (Wildman–Crippen LogP) is 3.34. The molecule has 0 radical (unpaired) electrons. The average molecular weight is 423 g/mol. The van der Waals surface area contributed by atoms with Gasteiger partial charge in [0, 0.05) is 49.9 Å². The fourth-order valence-corrected chi connectivity index (χ4v) is 4.42. The van der Waals surface area contributed by atoms with Crippen molar-refractivity contribution in [3.8, 4) is 11.5 Å². The van der Waals surface area contributed by atoms with Gasteiger partial charge in [-0.25, -0.2) is 5.01 Å². The summed E-state index contributed by atoms with van der Waals surface area (Å²) in [6.45, 7) is 4.84. The van der Waals surface area contributed by atoms with Crippen molar-refractivity contribution in [1.82, 2.24) is 14.9 Å². The van der Waals surface area contributed by atoms with Gasteiger partial charge >= 0.3 is 0 Å². The number of rotatable bonds is 6. The van der Waals surface area contributed by atoms with Crippen molar-refractivity contribution in [3.05, 3.63) is 53.9 Å². The molecule has 31 heavy (non-hydrogen) atoms. The summed E-state index contributed by atoms with van der Waals surface area (Å²) in [4.78, 5) is 19.5. The molecule has 0 aliphatic carbocycles. The van der Waals surface area contributed by atoms with Gasteiger partial charge in [-0.1, -0.05) is 13.0 Å². The van der Waals surface area contributed by atoms with Gasteiger partial charge < -0.3 is 9.47 Å². The monoisotopic (exact) mass is 422 g/mol. The summed E-state index contributed by atoms with van der Waals surface area (Å²) in [6.07, 6.45) is 6.03. The molecule has 1 atom stereocenters. The van der Waals surface area contributed by atoms with Crippen LogP contribution in [0.1, 0.15) is 37.3 Å². The number of hydrogen-bond donors (Lipinski definition) is 0. The number of hydrazone groups is 1. The normalized spacial score (nSPS) is 20.5. The maximum absolute atomic E-state index is 12.8. The molecule has 1 saturated heterocycles. The Bertz CT molecular complexity index is 939. The molecule has 1 unspecified atom stereocenters. The van der Waals surface area contributed by atoms with E-state index >= 15 is 0 Å². The zero-order chi connectivity index (χ0) is 21.8. The van der Waals surface area contributed by atoms with Crippen LogP contribution in [0.15, 0.2) is 47.8 Å². The number of pyridine rings is 1. The highest BCUT2D eigenvalue weighted by atomic mass is 16.5. The summed E-state index contributed by atoms with van der Waals surface area (Å²) in [5, 5.41) is 6.60. The van der Waals surface area contributed by atoms with E-state index in [1.165, 1.54) is 5.56 Å². The SMILES string of the molecule is COc1ccc(C2=NN(C3CCN(Cc4cccnc4)CC3)C(=O)CC2C)cc1OC. The molecule has 0 bridgehead atoms. The van der Waals surface area contributed by atoms with Gasteiger partial charge in [0.05, 0.1) is 26.0 Å². The molecule has 4 rings (SSSR count). The molecule has 2 aromatic rings. The quantitative estimate of drug-likeness (QED) is 0.714. The molecule has 2 aliphatic heterocycles. The van der Waals surface area contributed by atoms with E-state index < -0.39 is 0 Å². The van der Waals surface area contributed by atoms with E-state index in [0.29, 0.717) is 17.9 Å². The standard InChI is InChI=1S/C24H30N4O3/c1-17-13-23(29)28(26-24(17)19-6-7-21(30-2)22(14-19)31-3)20-8-11-27(12-9-20)16-18-5-4-10-25-15-18/h4-7,10,14-15,17,20H,8-9,11-13,16H2,1-3H3. The molecule has 1 aromatic heterocycles. The van der Waals surface area contributed by atoms with Crippen LogP contribution in [0.25, 0.3) is 0 Å². The van der Waals surface area contributed by atoms with Crippen molar-refractivity contribution in [2.75, 3.05) is 27.3 Å². The number of amides is 1. The first kappa shape index (κ1) is 21.3. The minimum atomic E-state index is 0.0625. The topological polar surface area (TPSA) is 67.3 Å². The van der Waals surface area contributed by atoms with Crippen molar-refractivity contribution in [3.63, 3.8) is 0 Å². The van der Waals surface area contributed by atoms with Crippen LogP contribution in [0.3, 0.4) is 0 Å². The number of ether oxygens (including phenoxy) is 2. The first-order valence-corrected chi connectivity index (χ1v) is 10.8. The smallest absolute Gasteiger partial charge is 0.243 e. The molecule has 7 heteroatoms. The number of piperidine rings is 1. The third-order valence-corrected chi connectivity index (χ3v) is 6.13. The zero-order valence-electron chi connectivity index (χ0n) is 18.5. The van der Waals surface area contributed by atoms with Crippen molar-refractivity contribution < 1.29 is 14.3 Å². The summed E-state index contributed by atoms with van der Waals surface area (Å²) in [6, 6.07) is 10.0. The Morgan fingerprint density at radius 3 is 2.55 bits per heavy atom. The lowest BCUT2D eigenvalue weighted by molar-refractivity contribution is -0.136. The van der Waals surface area contributed by atoms with Gasteiger partial charge in [0.25, 0.3) is 0 Å². The van der Waals surface area contributed by atoms with Gasteiger partial charge in [-0.05, 0) is 42.7 Å². The van der Waals surface area contributed by atoms with Crippen molar-refractivity contribution in [2.45, 2.75) is 38.8 Å². The van der Waals surface area contributed by atoms with Crippen LogP contribution in [-0.2, 0) is 11.3 Å². The van der Waals surface area contributed by atoms with Gasteiger partial charge in [-0.15, -0.1) is 0 Å². The first-order chi connectivity index (χ1) is 15.1. The Morgan fingerprint density at radius 2 is 1.87 bits per heavy atom. The fraction of sp³-hybridized carbons (Fsp3) is 0.458. The van der Waals surface area contributed by atoms with Crippen LogP contribution in [-0.4, -0.2) is 59.9 Å². The molecule has 164 valence electrons. The number of carbonyl (C=O) groups is 1. The van der Waals surface area contributed by atoms with Crippen LogP contribution < -0.4 is 9.47 Å². The van der Waals surface area contributed by atoms with Gasteiger partial charge in [0.2, 0.25) is 5.91 Å². The zero-order valence-corrected chi connectivity index (χ0v) is 18.5. The van der Waals surface area contributed by atoms with E-state index in [1.54, 1.807) is 25.4 Å². The fourth-order valence-electron chi connectivity index (χ4n) is 4.42. The molecule has 3 heterocycles. The minimum absolute atomic E-state index is 0.0625. The van der Waals surface area contributed by atoms with Crippen LogP contribution in [0.2, 0.25) is 0 Å². The predicted molar refractivity (Wildman–Crippen MR) is 119 cm³/mol. The van der Waals surface area contributed by atoms with Crippen LogP contribution in [0, 0.1) is 5.92 Å². The van der Waals surface area contributed by atoms with E-state index in [1.807, 2.05) is 30.5 Å². The second kappa shape index (κ2) is 9.47. The van der Waals surface area contributed by atoms with E-state index in [9.17, 15) is 4.79 Å². The molecule has 1 fully saturated rings. The lowest BCUT2D eigenvalue weighted by Crippen LogP contribution is -2.47. The highest BCUT2D eigenvalue weighted by molar-refractivity contribution is 6.06. The largest absolute Gasteiger partial charge is 0.493 e. The Balaban J connectivity index is 1.48.